The molecular weight excluding hydrogens is 229 g/mol. The highest BCUT2D eigenvalue weighted by Crippen LogP contribution is 2.26. The van der Waals surface area contributed by atoms with Crippen LogP contribution in [0.1, 0.15) is 25.5 Å². The predicted molar refractivity (Wildman–Crippen MR) is 52.7 cm³/mol. The summed E-state index contributed by atoms with van der Waals surface area (Å²) < 4.78 is 35.1. The van der Waals surface area contributed by atoms with Crippen LogP contribution in [0.2, 0.25) is 0 Å². The second-order valence-electron chi connectivity index (χ2n) is 2.63. The highest BCUT2D eigenvalue weighted by molar-refractivity contribution is 6.17. The SMILES string of the molecule is CCCCCl.FC(F)(F)c1ccncn1. The minimum atomic E-state index is -4.36. The Morgan fingerprint density at radius 2 is 2.07 bits per heavy atom. The Balaban J connectivity index is 0.000000336. The fourth-order valence-electron chi connectivity index (χ4n) is 0.592. The standard InChI is InChI=1S/C5H3F3N2.C4H9Cl/c6-5(7,8)4-1-2-9-3-10-4;1-2-3-4-5/h1-3H;2-4H2,1H3. The van der Waals surface area contributed by atoms with Gasteiger partial charge in [0.05, 0.1) is 0 Å². The molecule has 0 aliphatic rings. The molecule has 1 heterocycles. The van der Waals surface area contributed by atoms with Gasteiger partial charge in [-0.1, -0.05) is 13.3 Å². The minimum Gasteiger partial charge on any atom is -0.245 e. The Hall–Kier alpha value is -0.840. The van der Waals surface area contributed by atoms with Gasteiger partial charge in [-0.05, 0) is 12.5 Å². The van der Waals surface area contributed by atoms with E-state index in [1.165, 1.54) is 6.42 Å². The number of halogens is 4. The van der Waals surface area contributed by atoms with Gasteiger partial charge in [0.1, 0.15) is 12.0 Å². The first kappa shape index (κ1) is 14.2. The zero-order valence-electron chi connectivity index (χ0n) is 8.26. The fourth-order valence-corrected chi connectivity index (χ4v) is 0.859. The quantitative estimate of drug-likeness (QED) is 0.739. The smallest absolute Gasteiger partial charge is 0.245 e. The summed E-state index contributed by atoms with van der Waals surface area (Å²) in [4.78, 5) is 6.36. The average Bonchev–Trinajstić information content (AvgIpc) is 2.20. The summed E-state index contributed by atoms with van der Waals surface area (Å²) in [7, 11) is 0. The van der Waals surface area contributed by atoms with E-state index in [2.05, 4.69) is 16.9 Å². The molecule has 0 aliphatic carbocycles. The molecule has 0 aliphatic heterocycles. The molecule has 0 saturated heterocycles. The maximum absolute atomic E-state index is 11.7. The van der Waals surface area contributed by atoms with Crippen LogP contribution in [0, 0.1) is 0 Å². The molecule has 0 radical (unpaired) electrons. The van der Waals surface area contributed by atoms with Crippen LogP contribution in [0.4, 0.5) is 13.2 Å². The van der Waals surface area contributed by atoms with E-state index in [4.69, 9.17) is 11.6 Å². The number of nitrogens with zero attached hydrogens (tertiary/aromatic N) is 2. The molecule has 0 aromatic carbocycles. The molecular formula is C9H12ClF3N2. The topological polar surface area (TPSA) is 25.8 Å². The third-order valence-electron chi connectivity index (χ3n) is 1.36. The van der Waals surface area contributed by atoms with E-state index in [9.17, 15) is 13.2 Å². The minimum absolute atomic E-state index is 0.816. The van der Waals surface area contributed by atoms with E-state index < -0.39 is 11.9 Å². The van der Waals surface area contributed by atoms with Crippen molar-refractivity contribution in [3.05, 3.63) is 24.3 Å². The molecule has 1 aromatic rings. The van der Waals surface area contributed by atoms with Crippen LogP contribution in [-0.2, 0) is 6.18 Å². The van der Waals surface area contributed by atoms with Crippen LogP contribution < -0.4 is 0 Å². The second-order valence-corrected chi connectivity index (χ2v) is 3.01. The zero-order valence-corrected chi connectivity index (χ0v) is 9.02. The molecule has 6 heteroatoms. The van der Waals surface area contributed by atoms with E-state index in [1.807, 2.05) is 0 Å². The molecule has 0 amide bonds. The molecule has 0 fully saturated rings. The van der Waals surface area contributed by atoms with Gasteiger partial charge in [0.15, 0.2) is 0 Å². The van der Waals surface area contributed by atoms with Gasteiger partial charge in [0, 0.05) is 12.1 Å². The first-order chi connectivity index (χ1) is 7.02. The zero-order chi connectivity index (χ0) is 11.7. The van der Waals surface area contributed by atoms with Gasteiger partial charge in [0.2, 0.25) is 0 Å². The lowest BCUT2D eigenvalue weighted by atomic mass is 10.4. The number of rotatable bonds is 2. The van der Waals surface area contributed by atoms with Crippen molar-refractivity contribution in [2.24, 2.45) is 0 Å². The van der Waals surface area contributed by atoms with Gasteiger partial charge < -0.3 is 0 Å². The van der Waals surface area contributed by atoms with Crippen molar-refractivity contribution in [3.63, 3.8) is 0 Å². The summed E-state index contributed by atoms with van der Waals surface area (Å²) in [6.07, 6.45) is -0.0767. The van der Waals surface area contributed by atoms with E-state index in [1.54, 1.807) is 0 Å². The normalized spacial score (nSPS) is 10.5. The van der Waals surface area contributed by atoms with Crippen molar-refractivity contribution >= 4 is 11.6 Å². The molecule has 2 nitrogen and oxygen atoms in total. The molecule has 1 rings (SSSR count). The molecule has 0 bridgehead atoms. The van der Waals surface area contributed by atoms with Crippen LogP contribution in [0.25, 0.3) is 0 Å². The van der Waals surface area contributed by atoms with Gasteiger partial charge in [-0.15, -0.1) is 11.6 Å². The molecule has 0 atom stereocenters. The van der Waals surface area contributed by atoms with Gasteiger partial charge in [-0.2, -0.15) is 13.2 Å². The van der Waals surface area contributed by atoms with Crippen LogP contribution in [0.15, 0.2) is 18.6 Å². The van der Waals surface area contributed by atoms with Crippen LogP contribution >= 0.6 is 11.6 Å². The molecule has 15 heavy (non-hydrogen) atoms. The lowest BCUT2D eigenvalue weighted by molar-refractivity contribution is -0.141. The van der Waals surface area contributed by atoms with Gasteiger partial charge in [0.25, 0.3) is 0 Å². The molecule has 0 unspecified atom stereocenters. The van der Waals surface area contributed by atoms with Gasteiger partial charge in [-0.3, -0.25) is 0 Å². The summed E-state index contributed by atoms with van der Waals surface area (Å²) in [5, 5.41) is 0. The Kier molecular flexibility index (Phi) is 7.03. The Morgan fingerprint density at radius 3 is 2.27 bits per heavy atom. The average molecular weight is 241 g/mol. The largest absolute Gasteiger partial charge is 0.433 e. The Bertz CT molecular complexity index is 249. The first-order valence-corrected chi connectivity index (χ1v) is 4.95. The van der Waals surface area contributed by atoms with E-state index in [0.717, 1.165) is 30.9 Å². The summed E-state index contributed by atoms with van der Waals surface area (Å²) >= 11 is 5.30. The van der Waals surface area contributed by atoms with Crippen LogP contribution in [0.5, 0.6) is 0 Å². The van der Waals surface area contributed by atoms with Crippen molar-refractivity contribution in [1.29, 1.82) is 0 Å². The third kappa shape index (κ3) is 7.13. The van der Waals surface area contributed by atoms with Crippen molar-refractivity contribution in [3.8, 4) is 0 Å². The molecule has 0 spiro atoms. The maximum atomic E-state index is 11.7. The van der Waals surface area contributed by atoms with E-state index >= 15 is 0 Å². The third-order valence-corrected chi connectivity index (χ3v) is 1.63. The summed E-state index contributed by atoms with van der Waals surface area (Å²) in [5.74, 6) is 0.816. The van der Waals surface area contributed by atoms with Crippen molar-refractivity contribution in [1.82, 2.24) is 9.97 Å². The summed E-state index contributed by atoms with van der Waals surface area (Å²) in [6, 6.07) is 0.819. The molecule has 0 N–H and O–H groups in total. The van der Waals surface area contributed by atoms with Crippen molar-refractivity contribution < 1.29 is 13.2 Å². The van der Waals surface area contributed by atoms with Gasteiger partial charge >= 0.3 is 6.18 Å². The van der Waals surface area contributed by atoms with Gasteiger partial charge in [-0.25, -0.2) is 9.97 Å². The van der Waals surface area contributed by atoms with Crippen molar-refractivity contribution in [2.45, 2.75) is 25.9 Å². The molecule has 0 saturated carbocycles. The van der Waals surface area contributed by atoms with Crippen LogP contribution in [-0.4, -0.2) is 15.8 Å². The number of alkyl halides is 4. The first-order valence-electron chi connectivity index (χ1n) is 4.41. The molecule has 86 valence electrons. The van der Waals surface area contributed by atoms with Crippen molar-refractivity contribution in [2.75, 3.05) is 5.88 Å². The number of unbranched alkanes of at least 4 members (excludes halogenated alkanes) is 1. The lowest BCUT2D eigenvalue weighted by Gasteiger charge is -2.02. The van der Waals surface area contributed by atoms with Crippen LogP contribution in [0.3, 0.4) is 0 Å². The Morgan fingerprint density at radius 1 is 1.40 bits per heavy atom. The highest BCUT2D eigenvalue weighted by Gasteiger charge is 2.31. The predicted octanol–water partition coefficient (Wildman–Crippen LogP) is 3.52. The summed E-state index contributed by atoms with van der Waals surface area (Å²) in [6.45, 7) is 2.13. The fraction of sp³-hybridized carbons (Fsp3) is 0.556. The number of hydrogen-bond donors (Lipinski definition) is 0. The molecule has 1 aromatic heterocycles. The highest BCUT2D eigenvalue weighted by atomic mass is 35.5. The van der Waals surface area contributed by atoms with E-state index in [0.29, 0.717) is 0 Å². The lowest BCUT2D eigenvalue weighted by Crippen LogP contribution is -2.07. The summed E-state index contributed by atoms with van der Waals surface area (Å²) in [5.41, 5.74) is -0.914. The van der Waals surface area contributed by atoms with E-state index in [-0.39, 0.29) is 0 Å². The Labute approximate surface area is 91.5 Å². The number of hydrogen-bond acceptors (Lipinski definition) is 2. The monoisotopic (exact) mass is 240 g/mol. The second kappa shape index (κ2) is 7.45. The number of aromatic nitrogens is 2. The maximum Gasteiger partial charge on any atom is 0.433 e.